The Labute approximate surface area is 285 Å². The molecule has 1 aromatic heterocycles. The normalized spacial score (nSPS) is 13.3. The molecular formula is C47H33NO. The van der Waals surface area contributed by atoms with Crippen LogP contribution in [0.2, 0.25) is 0 Å². The highest BCUT2D eigenvalue weighted by Gasteiger charge is 2.39. The van der Waals surface area contributed by atoms with Gasteiger partial charge >= 0.3 is 0 Å². The Morgan fingerprint density at radius 1 is 0.490 bits per heavy atom. The number of furan rings is 1. The molecule has 0 saturated heterocycles. The summed E-state index contributed by atoms with van der Waals surface area (Å²) in [6.07, 6.45) is 0. The van der Waals surface area contributed by atoms with Gasteiger partial charge in [0.15, 0.2) is 5.58 Å². The van der Waals surface area contributed by atoms with Crippen molar-refractivity contribution >= 4 is 60.5 Å². The zero-order valence-electron chi connectivity index (χ0n) is 27.4. The van der Waals surface area contributed by atoms with Gasteiger partial charge < -0.3 is 9.32 Å². The SMILES string of the molecule is CC1(C)c2ccccc2-c2c1c1ccccc1c1c2oc2c(N(c3ccc(-c4ccccc4)cc3)c3ccc4ccccc4c3)cccc21. The van der Waals surface area contributed by atoms with Gasteiger partial charge in [0.05, 0.1) is 5.69 Å². The third-order valence-electron chi connectivity index (χ3n) is 10.6. The summed E-state index contributed by atoms with van der Waals surface area (Å²) in [4.78, 5) is 2.35. The minimum Gasteiger partial charge on any atom is -0.453 e. The van der Waals surface area contributed by atoms with E-state index in [1.807, 2.05) is 0 Å². The Bertz CT molecular complexity index is 2730. The van der Waals surface area contributed by atoms with Crippen LogP contribution in [0.25, 0.3) is 65.7 Å². The van der Waals surface area contributed by atoms with E-state index in [2.05, 4.69) is 183 Å². The van der Waals surface area contributed by atoms with Gasteiger partial charge in [-0.2, -0.15) is 0 Å². The van der Waals surface area contributed by atoms with Gasteiger partial charge in [-0.3, -0.25) is 0 Å². The van der Waals surface area contributed by atoms with Gasteiger partial charge in [0.1, 0.15) is 5.58 Å². The molecule has 10 rings (SSSR count). The second-order valence-electron chi connectivity index (χ2n) is 13.7. The summed E-state index contributed by atoms with van der Waals surface area (Å²) in [7, 11) is 0. The number of para-hydroxylation sites is 1. The van der Waals surface area contributed by atoms with Crippen LogP contribution >= 0.6 is 0 Å². The Kier molecular flexibility index (Phi) is 5.95. The first-order valence-electron chi connectivity index (χ1n) is 17.0. The maximum absolute atomic E-state index is 7.25. The third-order valence-corrected chi connectivity index (χ3v) is 10.6. The quantitative estimate of drug-likeness (QED) is 0.193. The minimum atomic E-state index is -0.154. The van der Waals surface area contributed by atoms with Crippen molar-refractivity contribution in [2.45, 2.75) is 19.3 Å². The molecule has 0 amide bonds. The maximum Gasteiger partial charge on any atom is 0.159 e. The predicted molar refractivity (Wildman–Crippen MR) is 206 cm³/mol. The Balaban J connectivity index is 1.27. The Hall–Kier alpha value is -6.12. The summed E-state index contributed by atoms with van der Waals surface area (Å²) in [5.41, 5.74) is 12.4. The van der Waals surface area contributed by atoms with Gasteiger partial charge in [-0.1, -0.05) is 147 Å². The highest BCUT2D eigenvalue weighted by molar-refractivity contribution is 6.26. The second-order valence-corrected chi connectivity index (χ2v) is 13.7. The lowest BCUT2D eigenvalue weighted by Gasteiger charge is -2.26. The number of benzene rings is 8. The van der Waals surface area contributed by atoms with Crippen LogP contribution in [0, 0.1) is 0 Å². The number of hydrogen-bond donors (Lipinski definition) is 0. The first-order valence-corrected chi connectivity index (χ1v) is 17.0. The second kappa shape index (κ2) is 10.4. The van der Waals surface area contributed by atoms with Crippen molar-refractivity contribution in [1.82, 2.24) is 0 Å². The molecular weight excluding hydrogens is 595 g/mol. The van der Waals surface area contributed by atoms with Gasteiger partial charge in [0.2, 0.25) is 0 Å². The van der Waals surface area contributed by atoms with E-state index in [0.717, 1.165) is 33.6 Å². The molecule has 49 heavy (non-hydrogen) atoms. The molecule has 1 heterocycles. The Morgan fingerprint density at radius 2 is 1.14 bits per heavy atom. The van der Waals surface area contributed by atoms with E-state index < -0.39 is 0 Å². The number of anilines is 3. The molecule has 232 valence electrons. The number of fused-ring (bicyclic) bond motifs is 11. The molecule has 0 saturated carbocycles. The molecule has 0 radical (unpaired) electrons. The van der Waals surface area contributed by atoms with Crippen molar-refractivity contribution in [3.05, 3.63) is 175 Å². The molecule has 0 unspecified atom stereocenters. The molecule has 2 nitrogen and oxygen atoms in total. The maximum atomic E-state index is 7.25. The van der Waals surface area contributed by atoms with Crippen LogP contribution in [0.15, 0.2) is 168 Å². The van der Waals surface area contributed by atoms with Crippen molar-refractivity contribution in [1.29, 1.82) is 0 Å². The van der Waals surface area contributed by atoms with E-state index in [1.165, 1.54) is 60.3 Å². The average Bonchev–Trinajstić information content (AvgIpc) is 3.66. The lowest BCUT2D eigenvalue weighted by Crippen LogP contribution is -2.15. The first kappa shape index (κ1) is 27.9. The highest BCUT2D eigenvalue weighted by atomic mass is 16.3. The van der Waals surface area contributed by atoms with Gasteiger partial charge in [0.25, 0.3) is 0 Å². The molecule has 1 aliphatic rings. The fourth-order valence-electron chi connectivity index (χ4n) is 8.35. The summed E-state index contributed by atoms with van der Waals surface area (Å²) in [6.45, 7) is 4.70. The molecule has 0 bridgehead atoms. The van der Waals surface area contributed by atoms with Crippen LogP contribution in [0.5, 0.6) is 0 Å². The van der Waals surface area contributed by atoms with Crippen LogP contribution in [-0.4, -0.2) is 0 Å². The third kappa shape index (κ3) is 4.07. The summed E-state index contributed by atoms with van der Waals surface area (Å²) in [5.74, 6) is 0. The first-order chi connectivity index (χ1) is 24.1. The fraction of sp³-hybridized carbons (Fsp3) is 0.0638. The van der Waals surface area contributed by atoms with E-state index in [0.29, 0.717) is 0 Å². The molecule has 2 heteroatoms. The summed E-state index contributed by atoms with van der Waals surface area (Å²) >= 11 is 0. The van der Waals surface area contributed by atoms with E-state index in [-0.39, 0.29) is 5.41 Å². The van der Waals surface area contributed by atoms with Gasteiger partial charge in [-0.15, -0.1) is 0 Å². The van der Waals surface area contributed by atoms with Crippen molar-refractivity contribution in [3.8, 4) is 22.3 Å². The monoisotopic (exact) mass is 627 g/mol. The van der Waals surface area contributed by atoms with Crippen molar-refractivity contribution in [3.63, 3.8) is 0 Å². The largest absolute Gasteiger partial charge is 0.453 e. The topological polar surface area (TPSA) is 16.4 Å². The van der Waals surface area contributed by atoms with E-state index in [1.54, 1.807) is 0 Å². The number of rotatable bonds is 4. The fourth-order valence-corrected chi connectivity index (χ4v) is 8.35. The van der Waals surface area contributed by atoms with Gasteiger partial charge in [-0.05, 0) is 79.7 Å². The van der Waals surface area contributed by atoms with Crippen LogP contribution in [0.1, 0.15) is 25.0 Å². The lowest BCUT2D eigenvalue weighted by atomic mass is 9.79. The average molecular weight is 628 g/mol. The van der Waals surface area contributed by atoms with Crippen LogP contribution in [-0.2, 0) is 5.41 Å². The number of nitrogens with zero attached hydrogens (tertiary/aromatic N) is 1. The number of hydrogen-bond acceptors (Lipinski definition) is 2. The molecule has 0 aliphatic heterocycles. The summed E-state index contributed by atoms with van der Waals surface area (Å²) < 4.78 is 7.25. The van der Waals surface area contributed by atoms with E-state index in [4.69, 9.17) is 4.42 Å². The minimum absolute atomic E-state index is 0.154. The van der Waals surface area contributed by atoms with Gasteiger partial charge in [0, 0.05) is 33.1 Å². The van der Waals surface area contributed by atoms with Crippen molar-refractivity contribution in [2.24, 2.45) is 0 Å². The van der Waals surface area contributed by atoms with Crippen LogP contribution in [0.4, 0.5) is 17.1 Å². The standard InChI is InChI=1S/C47H33NO/c1-47(2)40-21-11-10-19-38(40)43-44(47)37-18-9-8-17-36(37)42-39-20-12-22-41(45(39)49-46(42)43)48(35-28-25-31-15-6-7-16-33(31)29-35)34-26-23-32(24-27-34)30-13-4-3-5-14-30/h3-29H,1-2H3. The highest BCUT2D eigenvalue weighted by Crippen LogP contribution is 2.56. The molecule has 9 aromatic rings. The molecule has 0 N–H and O–H groups in total. The van der Waals surface area contributed by atoms with E-state index >= 15 is 0 Å². The predicted octanol–water partition coefficient (Wildman–Crippen LogP) is 13.3. The van der Waals surface area contributed by atoms with E-state index in [9.17, 15) is 0 Å². The zero-order valence-corrected chi connectivity index (χ0v) is 27.4. The van der Waals surface area contributed by atoms with Gasteiger partial charge in [-0.25, -0.2) is 0 Å². The smallest absolute Gasteiger partial charge is 0.159 e. The Morgan fingerprint density at radius 3 is 1.98 bits per heavy atom. The molecule has 8 aromatic carbocycles. The molecule has 0 spiro atoms. The molecule has 1 aliphatic carbocycles. The lowest BCUT2D eigenvalue weighted by molar-refractivity contribution is 0.658. The van der Waals surface area contributed by atoms with Crippen LogP contribution in [0.3, 0.4) is 0 Å². The summed E-state index contributed by atoms with van der Waals surface area (Å²) in [6, 6.07) is 59.1. The van der Waals surface area contributed by atoms with Crippen molar-refractivity contribution < 1.29 is 4.42 Å². The molecule has 0 atom stereocenters. The molecule has 0 fully saturated rings. The van der Waals surface area contributed by atoms with Crippen LogP contribution < -0.4 is 4.90 Å². The zero-order chi connectivity index (χ0) is 32.7. The summed E-state index contributed by atoms with van der Waals surface area (Å²) in [5, 5.41) is 7.25. The van der Waals surface area contributed by atoms with Crippen molar-refractivity contribution in [2.75, 3.05) is 4.90 Å².